The lowest BCUT2D eigenvalue weighted by Crippen LogP contribution is -2.28. The van der Waals surface area contributed by atoms with Gasteiger partial charge in [-0.2, -0.15) is 0 Å². The highest BCUT2D eigenvalue weighted by molar-refractivity contribution is 5.27. The zero-order valence-corrected chi connectivity index (χ0v) is 10.8. The van der Waals surface area contributed by atoms with Crippen molar-refractivity contribution in [1.29, 1.82) is 0 Å². The minimum atomic E-state index is -0.0343. The molecule has 1 heterocycles. The van der Waals surface area contributed by atoms with Crippen LogP contribution in [0.4, 0.5) is 4.39 Å². The molecule has 94 valence electrons. The van der Waals surface area contributed by atoms with Crippen molar-refractivity contribution < 1.29 is 4.39 Å². The highest BCUT2D eigenvalue weighted by atomic mass is 19.1. The molecule has 1 aromatic rings. The Morgan fingerprint density at radius 3 is 2.65 bits per heavy atom. The van der Waals surface area contributed by atoms with Gasteiger partial charge in [-0.05, 0) is 61.4 Å². The molecule has 0 saturated carbocycles. The first-order chi connectivity index (χ1) is 8.16. The summed E-state index contributed by atoms with van der Waals surface area (Å²) >= 11 is 0. The molecule has 1 saturated heterocycles. The molecular formula is C15H22FN. The van der Waals surface area contributed by atoms with E-state index in [1.807, 2.05) is 6.07 Å². The summed E-state index contributed by atoms with van der Waals surface area (Å²) in [7, 11) is 0. The zero-order valence-electron chi connectivity index (χ0n) is 10.8. The van der Waals surface area contributed by atoms with E-state index in [0.717, 1.165) is 25.1 Å². The van der Waals surface area contributed by atoms with Crippen molar-refractivity contribution in [1.82, 2.24) is 5.32 Å². The van der Waals surface area contributed by atoms with Crippen molar-refractivity contribution >= 4 is 0 Å². The molecule has 0 unspecified atom stereocenters. The lowest BCUT2D eigenvalue weighted by atomic mass is 9.89. The summed E-state index contributed by atoms with van der Waals surface area (Å²) in [6, 6.07) is 5.60. The van der Waals surface area contributed by atoms with Gasteiger partial charge in [0.25, 0.3) is 0 Å². The number of rotatable bonds is 3. The second kappa shape index (κ2) is 5.63. The molecule has 0 radical (unpaired) electrons. The van der Waals surface area contributed by atoms with Crippen LogP contribution in [0.1, 0.15) is 43.7 Å². The molecule has 1 nitrogen and oxygen atoms in total. The van der Waals surface area contributed by atoms with E-state index >= 15 is 0 Å². The monoisotopic (exact) mass is 235 g/mol. The largest absolute Gasteiger partial charge is 0.317 e. The van der Waals surface area contributed by atoms with Gasteiger partial charge in [-0.3, -0.25) is 0 Å². The SMILES string of the molecule is CC(C)c1ccc(F)c(CC2CCNCC2)c1. The third-order valence-corrected chi connectivity index (χ3v) is 3.70. The quantitative estimate of drug-likeness (QED) is 0.845. The van der Waals surface area contributed by atoms with Crippen LogP contribution in [-0.4, -0.2) is 13.1 Å². The minimum Gasteiger partial charge on any atom is -0.317 e. The second-order valence-electron chi connectivity index (χ2n) is 5.40. The van der Waals surface area contributed by atoms with E-state index < -0.39 is 0 Å². The standard InChI is InChI=1S/C15H22FN/c1-11(2)13-3-4-15(16)14(10-13)9-12-5-7-17-8-6-12/h3-4,10-12,17H,5-9H2,1-2H3. The maximum absolute atomic E-state index is 13.8. The van der Waals surface area contributed by atoms with Crippen LogP contribution < -0.4 is 5.32 Å². The van der Waals surface area contributed by atoms with Crippen molar-refractivity contribution in [3.05, 3.63) is 35.1 Å². The smallest absolute Gasteiger partial charge is 0.126 e. The van der Waals surface area contributed by atoms with Crippen LogP contribution in [0.5, 0.6) is 0 Å². The zero-order chi connectivity index (χ0) is 12.3. The molecule has 1 aliphatic rings. The Hall–Kier alpha value is -0.890. The fourth-order valence-corrected chi connectivity index (χ4v) is 2.51. The number of nitrogens with one attached hydrogen (secondary N) is 1. The molecule has 0 bridgehead atoms. The summed E-state index contributed by atoms with van der Waals surface area (Å²) in [5.41, 5.74) is 2.15. The molecule has 0 aliphatic carbocycles. The van der Waals surface area contributed by atoms with Gasteiger partial charge in [-0.25, -0.2) is 4.39 Å². The van der Waals surface area contributed by atoms with Crippen LogP contribution in [-0.2, 0) is 6.42 Å². The number of benzene rings is 1. The Kier molecular flexibility index (Phi) is 4.16. The van der Waals surface area contributed by atoms with Crippen LogP contribution in [0.2, 0.25) is 0 Å². The molecule has 1 aliphatic heterocycles. The van der Waals surface area contributed by atoms with Crippen molar-refractivity contribution in [2.24, 2.45) is 5.92 Å². The van der Waals surface area contributed by atoms with E-state index in [9.17, 15) is 4.39 Å². The van der Waals surface area contributed by atoms with E-state index in [2.05, 4.69) is 25.2 Å². The average molecular weight is 235 g/mol. The van der Waals surface area contributed by atoms with E-state index in [1.54, 1.807) is 6.07 Å². The first kappa shape index (κ1) is 12.6. The second-order valence-corrected chi connectivity index (χ2v) is 5.40. The Morgan fingerprint density at radius 1 is 1.29 bits per heavy atom. The summed E-state index contributed by atoms with van der Waals surface area (Å²) in [4.78, 5) is 0. The van der Waals surface area contributed by atoms with Gasteiger partial charge >= 0.3 is 0 Å². The summed E-state index contributed by atoms with van der Waals surface area (Å²) in [5, 5.41) is 3.35. The van der Waals surface area contributed by atoms with E-state index in [0.29, 0.717) is 11.8 Å². The van der Waals surface area contributed by atoms with Crippen molar-refractivity contribution in [2.45, 2.75) is 39.0 Å². The van der Waals surface area contributed by atoms with Gasteiger partial charge in [-0.15, -0.1) is 0 Å². The topological polar surface area (TPSA) is 12.0 Å². The molecule has 1 N–H and O–H groups in total. The third kappa shape index (κ3) is 3.29. The maximum Gasteiger partial charge on any atom is 0.126 e. The van der Waals surface area contributed by atoms with Crippen LogP contribution in [0, 0.1) is 11.7 Å². The molecule has 17 heavy (non-hydrogen) atoms. The number of hydrogen-bond donors (Lipinski definition) is 1. The number of halogens is 1. The fourth-order valence-electron chi connectivity index (χ4n) is 2.51. The minimum absolute atomic E-state index is 0.0343. The van der Waals surface area contributed by atoms with Gasteiger partial charge in [0, 0.05) is 0 Å². The van der Waals surface area contributed by atoms with Gasteiger partial charge in [0.1, 0.15) is 5.82 Å². The summed E-state index contributed by atoms with van der Waals surface area (Å²) in [5.74, 6) is 1.09. The lowest BCUT2D eigenvalue weighted by molar-refractivity contribution is 0.368. The molecule has 0 amide bonds. The Labute approximate surface area is 103 Å². The van der Waals surface area contributed by atoms with E-state index in [4.69, 9.17) is 0 Å². The highest BCUT2D eigenvalue weighted by Gasteiger charge is 2.16. The Balaban J connectivity index is 2.10. The van der Waals surface area contributed by atoms with Crippen molar-refractivity contribution in [2.75, 3.05) is 13.1 Å². The maximum atomic E-state index is 13.8. The highest BCUT2D eigenvalue weighted by Crippen LogP contribution is 2.23. The normalized spacial score (nSPS) is 17.6. The molecule has 0 aromatic heterocycles. The van der Waals surface area contributed by atoms with Crippen molar-refractivity contribution in [3.8, 4) is 0 Å². The number of hydrogen-bond acceptors (Lipinski definition) is 1. The molecule has 2 heteroatoms. The van der Waals surface area contributed by atoms with E-state index in [1.165, 1.54) is 18.4 Å². The Bertz CT molecular complexity index is 367. The van der Waals surface area contributed by atoms with Gasteiger partial charge < -0.3 is 5.32 Å². The predicted molar refractivity (Wildman–Crippen MR) is 69.8 cm³/mol. The van der Waals surface area contributed by atoms with Gasteiger partial charge in [0.2, 0.25) is 0 Å². The lowest BCUT2D eigenvalue weighted by Gasteiger charge is -2.23. The third-order valence-electron chi connectivity index (χ3n) is 3.70. The van der Waals surface area contributed by atoms with Gasteiger partial charge in [0.15, 0.2) is 0 Å². The van der Waals surface area contributed by atoms with Gasteiger partial charge in [-0.1, -0.05) is 26.0 Å². The summed E-state index contributed by atoms with van der Waals surface area (Å²) in [6.07, 6.45) is 3.24. The first-order valence-electron chi connectivity index (χ1n) is 6.66. The summed E-state index contributed by atoms with van der Waals surface area (Å²) < 4.78 is 13.8. The first-order valence-corrected chi connectivity index (χ1v) is 6.66. The van der Waals surface area contributed by atoms with E-state index in [-0.39, 0.29) is 5.82 Å². The van der Waals surface area contributed by atoms with Gasteiger partial charge in [0.05, 0.1) is 0 Å². The molecule has 0 spiro atoms. The molecular weight excluding hydrogens is 213 g/mol. The van der Waals surface area contributed by atoms with Crippen LogP contribution in [0.25, 0.3) is 0 Å². The molecule has 1 fully saturated rings. The Morgan fingerprint density at radius 2 is 2.00 bits per heavy atom. The number of piperidine rings is 1. The van der Waals surface area contributed by atoms with Crippen LogP contribution >= 0.6 is 0 Å². The molecule has 2 rings (SSSR count). The molecule has 0 atom stereocenters. The van der Waals surface area contributed by atoms with Crippen LogP contribution in [0.15, 0.2) is 18.2 Å². The fraction of sp³-hybridized carbons (Fsp3) is 0.600. The van der Waals surface area contributed by atoms with Crippen molar-refractivity contribution in [3.63, 3.8) is 0 Å². The predicted octanol–water partition coefficient (Wildman–Crippen LogP) is 3.49. The average Bonchev–Trinajstić information content (AvgIpc) is 2.33. The molecule has 1 aromatic carbocycles. The van der Waals surface area contributed by atoms with Crippen LogP contribution in [0.3, 0.4) is 0 Å². The summed E-state index contributed by atoms with van der Waals surface area (Å²) in [6.45, 7) is 6.47.